The summed E-state index contributed by atoms with van der Waals surface area (Å²) in [5.74, 6) is -8.88. The molecule has 0 aliphatic rings. The maximum atomic E-state index is 11.5. The molecule has 8 N–H and O–H groups in total. The molecule has 0 bridgehead atoms. The first kappa shape index (κ1) is 18.4. The summed E-state index contributed by atoms with van der Waals surface area (Å²) >= 11 is 0. The second-order valence-electron chi connectivity index (χ2n) is 4.29. The van der Waals surface area contributed by atoms with E-state index >= 15 is 0 Å². The third-order valence-corrected chi connectivity index (χ3v) is 2.67. The highest BCUT2D eigenvalue weighted by molar-refractivity contribution is 5.90. The molecule has 0 aliphatic heterocycles. The average Bonchev–Trinajstić information content (AvgIpc) is 2.34. The van der Waals surface area contributed by atoms with Gasteiger partial charge in [-0.25, -0.2) is 0 Å². The van der Waals surface area contributed by atoms with Gasteiger partial charge in [0.1, 0.15) is 18.3 Å². The van der Waals surface area contributed by atoms with Crippen LogP contribution in [0.4, 0.5) is 0 Å². The normalized spacial score (nSPS) is 17.9. The molecule has 9 heteroatoms. The van der Waals surface area contributed by atoms with Gasteiger partial charge in [-0.3, -0.25) is 4.79 Å². The van der Waals surface area contributed by atoms with E-state index in [0.29, 0.717) is 0 Å². The molecule has 114 valence electrons. The molecular weight excluding hydrogens is 264 g/mol. The largest absolute Gasteiger partial charge is 0.394 e. The summed E-state index contributed by atoms with van der Waals surface area (Å²) in [6.07, 6.45) is -7.15. The zero-order chi connectivity index (χ0) is 15.4. The molecule has 0 heterocycles. The molecule has 19 heavy (non-hydrogen) atoms. The van der Waals surface area contributed by atoms with Crippen LogP contribution in [0, 0.1) is 0 Å². The summed E-state index contributed by atoms with van der Waals surface area (Å²) in [7, 11) is 0. The van der Waals surface area contributed by atoms with Crippen LogP contribution in [0.25, 0.3) is 0 Å². The van der Waals surface area contributed by atoms with Crippen LogP contribution in [0.2, 0.25) is 0 Å². The van der Waals surface area contributed by atoms with Crippen LogP contribution >= 0.6 is 0 Å². The molecule has 0 aromatic rings. The van der Waals surface area contributed by atoms with Gasteiger partial charge in [0, 0.05) is 6.42 Å². The second-order valence-corrected chi connectivity index (χ2v) is 4.29. The van der Waals surface area contributed by atoms with Gasteiger partial charge in [-0.2, -0.15) is 0 Å². The Hall–Kier alpha value is -0.650. The molecule has 0 rings (SSSR count). The van der Waals surface area contributed by atoms with E-state index in [1.54, 1.807) is 0 Å². The Morgan fingerprint density at radius 2 is 1.58 bits per heavy atom. The predicted molar refractivity (Wildman–Crippen MR) is 59.4 cm³/mol. The lowest BCUT2D eigenvalue weighted by Gasteiger charge is -2.35. The van der Waals surface area contributed by atoms with Crippen LogP contribution in [0.15, 0.2) is 0 Å². The van der Waals surface area contributed by atoms with Crippen LogP contribution in [0.1, 0.15) is 19.8 Å². The molecule has 0 aromatic carbocycles. The Bertz CT molecular complexity index is 301. The number of ketones is 1. The van der Waals surface area contributed by atoms with Gasteiger partial charge in [0.25, 0.3) is 5.79 Å². The fourth-order valence-electron chi connectivity index (χ4n) is 1.40. The van der Waals surface area contributed by atoms with E-state index in [1.165, 1.54) is 6.92 Å². The molecule has 0 radical (unpaired) electrons. The molecule has 0 saturated carbocycles. The van der Waals surface area contributed by atoms with Crippen LogP contribution in [-0.2, 0) is 4.79 Å². The van der Waals surface area contributed by atoms with Crippen molar-refractivity contribution in [2.24, 2.45) is 0 Å². The van der Waals surface area contributed by atoms with E-state index in [0.717, 1.165) is 0 Å². The quantitative estimate of drug-likeness (QED) is 0.205. The number of aliphatic hydroxyl groups excluding tert-OH is 4. The highest BCUT2D eigenvalue weighted by atomic mass is 16.6. The zero-order valence-electron chi connectivity index (χ0n) is 10.3. The van der Waals surface area contributed by atoms with Crippen molar-refractivity contribution in [3.05, 3.63) is 0 Å². The minimum atomic E-state index is -3.74. The maximum absolute atomic E-state index is 11.5. The Kier molecular flexibility index (Phi) is 6.45. The Balaban J connectivity index is 5.07. The van der Waals surface area contributed by atoms with Gasteiger partial charge in [-0.05, 0) is 0 Å². The summed E-state index contributed by atoms with van der Waals surface area (Å²) < 4.78 is 0. The number of Topliss-reactive ketones (excluding diaryl/α,β-unsaturated/α-hetero) is 1. The van der Waals surface area contributed by atoms with Crippen LogP contribution in [0.3, 0.4) is 0 Å². The molecule has 0 fully saturated rings. The third-order valence-electron chi connectivity index (χ3n) is 2.67. The summed E-state index contributed by atoms with van der Waals surface area (Å²) in [6, 6.07) is 0. The molecule has 0 aromatic heterocycles. The lowest BCUT2D eigenvalue weighted by Crippen LogP contribution is -2.64. The van der Waals surface area contributed by atoms with Gasteiger partial charge < -0.3 is 40.9 Å². The first-order chi connectivity index (χ1) is 8.52. The Morgan fingerprint density at radius 1 is 1.11 bits per heavy atom. The van der Waals surface area contributed by atoms with E-state index in [-0.39, 0.29) is 6.42 Å². The SMILES string of the molecule is CCCC(O)(O)C(O)(O)C(=O)[C@@H](O)[C@H](O)[C@@H](O)CO. The summed E-state index contributed by atoms with van der Waals surface area (Å²) in [5.41, 5.74) is 0. The maximum Gasteiger partial charge on any atom is 0.282 e. The van der Waals surface area contributed by atoms with Crippen molar-refractivity contribution in [2.75, 3.05) is 6.61 Å². The Labute approximate surface area is 109 Å². The topological polar surface area (TPSA) is 179 Å². The summed E-state index contributed by atoms with van der Waals surface area (Å²) in [4.78, 5) is 11.5. The predicted octanol–water partition coefficient (Wildman–Crippen LogP) is -4.21. The van der Waals surface area contributed by atoms with Crippen molar-refractivity contribution >= 4 is 5.78 Å². The van der Waals surface area contributed by atoms with Gasteiger partial charge >= 0.3 is 0 Å². The standard InChI is InChI=1S/C10H20O9/c1-2-3-9(16,17)10(18,19)8(15)7(14)6(13)5(12)4-11/h5-7,11-14,16-19H,2-4H2,1H3/t5-,6+,7-/m0/s1. The molecule has 0 aliphatic carbocycles. The van der Waals surface area contributed by atoms with Gasteiger partial charge in [0.15, 0.2) is 0 Å². The van der Waals surface area contributed by atoms with Gasteiger partial charge in [0.2, 0.25) is 11.6 Å². The summed E-state index contributed by atoms with van der Waals surface area (Å²) in [5, 5.41) is 73.7. The van der Waals surface area contributed by atoms with E-state index in [4.69, 9.17) is 10.2 Å². The number of rotatable bonds is 8. The minimum Gasteiger partial charge on any atom is -0.394 e. The number of carbonyl (C=O) groups excluding carboxylic acids is 1. The minimum absolute atomic E-state index is 0.0844. The first-order valence-corrected chi connectivity index (χ1v) is 5.61. The Morgan fingerprint density at radius 3 is 1.95 bits per heavy atom. The molecule has 3 atom stereocenters. The first-order valence-electron chi connectivity index (χ1n) is 5.61. The lowest BCUT2D eigenvalue weighted by molar-refractivity contribution is -0.342. The van der Waals surface area contributed by atoms with Crippen molar-refractivity contribution in [1.82, 2.24) is 0 Å². The highest BCUT2D eigenvalue weighted by Crippen LogP contribution is 2.25. The number of hydrogen-bond acceptors (Lipinski definition) is 9. The number of hydrogen-bond donors (Lipinski definition) is 8. The molecule has 0 amide bonds. The number of carbonyl (C=O) groups is 1. The highest BCUT2D eigenvalue weighted by Gasteiger charge is 2.55. The molecule has 0 unspecified atom stereocenters. The van der Waals surface area contributed by atoms with Gasteiger partial charge in [-0.1, -0.05) is 13.3 Å². The fraction of sp³-hybridized carbons (Fsp3) is 0.900. The second kappa shape index (κ2) is 6.68. The van der Waals surface area contributed by atoms with Crippen molar-refractivity contribution < 1.29 is 45.6 Å². The van der Waals surface area contributed by atoms with Gasteiger partial charge in [0.05, 0.1) is 6.61 Å². The molecular formula is C10H20O9. The van der Waals surface area contributed by atoms with Crippen LogP contribution < -0.4 is 0 Å². The van der Waals surface area contributed by atoms with Crippen molar-refractivity contribution in [2.45, 2.75) is 49.7 Å². The van der Waals surface area contributed by atoms with Gasteiger partial charge in [-0.15, -0.1) is 0 Å². The van der Waals surface area contributed by atoms with E-state index in [1.807, 2.05) is 0 Å². The van der Waals surface area contributed by atoms with E-state index < -0.39 is 48.7 Å². The number of aliphatic hydroxyl groups is 8. The van der Waals surface area contributed by atoms with E-state index in [2.05, 4.69) is 0 Å². The van der Waals surface area contributed by atoms with E-state index in [9.17, 15) is 35.4 Å². The molecule has 0 saturated heterocycles. The monoisotopic (exact) mass is 284 g/mol. The van der Waals surface area contributed by atoms with Crippen molar-refractivity contribution in [1.29, 1.82) is 0 Å². The smallest absolute Gasteiger partial charge is 0.282 e. The third kappa shape index (κ3) is 3.91. The van der Waals surface area contributed by atoms with Crippen molar-refractivity contribution in [3.8, 4) is 0 Å². The van der Waals surface area contributed by atoms with Crippen LogP contribution in [-0.4, -0.2) is 83.1 Å². The lowest BCUT2D eigenvalue weighted by atomic mass is 9.91. The fourth-order valence-corrected chi connectivity index (χ4v) is 1.40. The summed E-state index contributed by atoms with van der Waals surface area (Å²) in [6.45, 7) is 0.482. The zero-order valence-corrected chi connectivity index (χ0v) is 10.3. The molecule has 0 spiro atoms. The van der Waals surface area contributed by atoms with Crippen LogP contribution in [0.5, 0.6) is 0 Å². The molecule has 9 nitrogen and oxygen atoms in total. The van der Waals surface area contributed by atoms with Crippen molar-refractivity contribution in [3.63, 3.8) is 0 Å². The average molecular weight is 284 g/mol.